The second kappa shape index (κ2) is 18.2. The maximum absolute atomic E-state index is 12.9. The monoisotopic (exact) mass is 810 g/mol. The molecule has 0 spiro atoms. The number of carbonyl (C=O) groups is 2. The lowest BCUT2D eigenvalue weighted by atomic mass is 10.0. The van der Waals surface area contributed by atoms with E-state index in [-0.39, 0.29) is 17.3 Å². The van der Waals surface area contributed by atoms with E-state index in [2.05, 4.69) is 53.6 Å². The number of urea groups is 1. The number of pyridine rings is 2. The number of halogens is 5. The van der Waals surface area contributed by atoms with Crippen molar-refractivity contribution in [3.05, 3.63) is 166 Å². The van der Waals surface area contributed by atoms with E-state index in [0.29, 0.717) is 22.2 Å². The first-order valence-corrected chi connectivity index (χ1v) is 17.8. The molecule has 0 fully saturated rings. The fourth-order valence-corrected chi connectivity index (χ4v) is 5.68. The lowest BCUT2D eigenvalue weighted by molar-refractivity contribution is -0.137. The smallest absolute Gasteiger partial charge is 0.417 e. The van der Waals surface area contributed by atoms with Crippen molar-refractivity contribution in [1.29, 1.82) is 0 Å². The molecule has 3 heterocycles. The zero-order valence-corrected chi connectivity index (χ0v) is 31.3. The van der Waals surface area contributed by atoms with Crippen LogP contribution >= 0.6 is 23.2 Å². The van der Waals surface area contributed by atoms with Gasteiger partial charge in [0.25, 0.3) is 5.91 Å². The van der Waals surface area contributed by atoms with Gasteiger partial charge in [0.15, 0.2) is 5.82 Å². The Hall–Kier alpha value is -6.77. The SMILES string of the molecule is CNC(=O)c1cc(Oc2ccc(NC(=O)Nc3ccc(Cl)c(C(F)(F)F)c3)cc2)ccn1.Clc1ccc(Nc2nnc(Cc3ccncc3)c3ccccc23)cc1. The molecule has 0 unspecified atom stereocenters. The first-order chi connectivity index (χ1) is 27.4. The molecular formula is C41H31Cl2F3N8O3. The molecular weight excluding hydrogens is 780 g/mol. The Kier molecular flexibility index (Phi) is 12.8. The van der Waals surface area contributed by atoms with Crippen molar-refractivity contribution in [2.75, 3.05) is 23.0 Å². The normalized spacial score (nSPS) is 10.8. The van der Waals surface area contributed by atoms with E-state index in [1.165, 1.54) is 25.4 Å². The highest BCUT2D eigenvalue weighted by atomic mass is 35.5. The summed E-state index contributed by atoms with van der Waals surface area (Å²) in [5, 5.41) is 21.8. The summed E-state index contributed by atoms with van der Waals surface area (Å²) in [6, 6.07) is 31.3. The lowest BCUT2D eigenvalue weighted by Gasteiger charge is -2.12. The third-order valence-corrected chi connectivity index (χ3v) is 8.64. The molecule has 0 aliphatic rings. The van der Waals surface area contributed by atoms with Crippen molar-refractivity contribution < 1.29 is 27.5 Å². The third-order valence-electron chi connectivity index (χ3n) is 8.06. The number of ether oxygens (including phenoxy) is 1. The average molecular weight is 812 g/mol. The number of carbonyl (C=O) groups excluding carboxylic acids is 2. The van der Waals surface area contributed by atoms with Gasteiger partial charge in [-0.25, -0.2) is 4.79 Å². The fourth-order valence-electron chi connectivity index (χ4n) is 5.33. The van der Waals surface area contributed by atoms with Gasteiger partial charge in [-0.3, -0.25) is 14.8 Å². The summed E-state index contributed by atoms with van der Waals surface area (Å²) in [5.41, 5.74) is 2.48. The summed E-state index contributed by atoms with van der Waals surface area (Å²) >= 11 is 11.5. The molecule has 7 aromatic rings. The molecule has 4 N–H and O–H groups in total. The van der Waals surface area contributed by atoms with Gasteiger partial charge < -0.3 is 26.0 Å². The van der Waals surface area contributed by atoms with Gasteiger partial charge in [0.2, 0.25) is 0 Å². The highest BCUT2D eigenvalue weighted by Gasteiger charge is 2.33. The zero-order chi connectivity index (χ0) is 40.4. The van der Waals surface area contributed by atoms with Crippen LogP contribution in [0.5, 0.6) is 11.5 Å². The summed E-state index contributed by atoms with van der Waals surface area (Å²) in [5.74, 6) is 1.19. The minimum Gasteiger partial charge on any atom is -0.457 e. The number of hydrogen-bond donors (Lipinski definition) is 4. The van der Waals surface area contributed by atoms with Gasteiger partial charge in [0.1, 0.15) is 17.2 Å². The molecule has 0 aliphatic carbocycles. The molecule has 3 aromatic heterocycles. The largest absolute Gasteiger partial charge is 0.457 e. The van der Waals surface area contributed by atoms with E-state index in [4.69, 9.17) is 27.9 Å². The Morgan fingerprint density at radius 3 is 2.09 bits per heavy atom. The number of nitrogens with zero attached hydrogens (tertiary/aromatic N) is 4. The summed E-state index contributed by atoms with van der Waals surface area (Å²) in [7, 11) is 1.49. The number of aromatic nitrogens is 4. The maximum Gasteiger partial charge on any atom is 0.417 e. The predicted molar refractivity (Wildman–Crippen MR) is 215 cm³/mol. The summed E-state index contributed by atoms with van der Waals surface area (Å²) in [6.45, 7) is 0. The summed E-state index contributed by atoms with van der Waals surface area (Å²) in [4.78, 5) is 31.8. The van der Waals surface area contributed by atoms with Gasteiger partial charge in [-0.1, -0.05) is 47.5 Å². The van der Waals surface area contributed by atoms with Crippen molar-refractivity contribution in [2.45, 2.75) is 12.6 Å². The Balaban J connectivity index is 0.000000198. The van der Waals surface area contributed by atoms with Gasteiger partial charge in [0.05, 0.1) is 16.3 Å². The Morgan fingerprint density at radius 1 is 0.719 bits per heavy atom. The number of fused-ring (bicyclic) bond motifs is 1. The van der Waals surface area contributed by atoms with Crippen LogP contribution in [0.2, 0.25) is 10.0 Å². The van der Waals surface area contributed by atoms with Crippen molar-refractivity contribution >= 4 is 68.8 Å². The maximum atomic E-state index is 12.9. The molecule has 0 radical (unpaired) electrons. The topological polar surface area (TPSA) is 143 Å². The molecule has 0 saturated carbocycles. The van der Waals surface area contributed by atoms with Crippen LogP contribution in [0.25, 0.3) is 10.8 Å². The van der Waals surface area contributed by atoms with Crippen LogP contribution in [0.1, 0.15) is 27.3 Å². The van der Waals surface area contributed by atoms with Crippen LogP contribution in [-0.4, -0.2) is 39.2 Å². The molecule has 4 aromatic carbocycles. The van der Waals surface area contributed by atoms with Crippen molar-refractivity contribution in [3.8, 4) is 11.5 Å². The molecule has 3 amide bonds. The van der Waals surface area contributed by atoms with Gasteiger partial charge in [-0.05, 0) is 90.5 Å². The van der Waals surface area contributed by atoms with Crippen LogP contribution in [-0.2, 0) is 12.6 Å². The van der Waals surface area contributed by atoms with Crippen LogP contribution < -0.4 is 26.0 Å². The van der Waals surface area contributed by atoms with Gasteiger partial charge in [0, 0.05) is 71.0 Å². The Bertz CT molecular complexity index is 2490. The second-order valence-electron chi connectivity index (χ2n) is 12.1. The quantitative estimate of drug-likeness (QED) is 0.113. The minimum absolute atomic E-state index is 0.0659. The number of amides is 3. The van der Waals surface area contributed by atoms with Gasteiger partial charge >= 0.3 is 12.2 Å². The number of anilines is 4. The number of benzene rings is 4. The minimum atomic E-state index is -4.64. The molecule has 7 rings (SSSR count). The summed E-state index contributed by atoms with van der Waals surface area (Å²) in [6.07, 6.45) is 1.10. The summed E-state index contributed by atoms with van der Waals surface area (Å²) < 4.78 is 44.5. The van der Waals surface area contributed by atoms with E-state index in [9.17, 15) is 22.8 Å². The first kappa shape index (κ1) is 39.9. The van der Waals surface area contributed by atoms with Crippen LogP contribution in [0.15, 0.2) is 134 Å². The molecule has 0 aliphatic heterocycles. The number of alkyl halides is 3. The molecule has 0 bridgehead atoms. The Morgan fingerprint density at radius 2 is 1.39 bits per heavy atom. The van der Waals surface area contributed by atoms with Crippen LogP contribution in [0, 0.1) is 0 Å². The third kappa shape index (κ3) is 10.9. The molecule has 57 heavy (non-hydrogen) atoms. The van der Waals surface area contributed by atoms with Crippen molar-refractivity contribution in [2.24, 2.45) is 0 Å². The molecule has 0 saturated heterocycles. The average Bonchev–Trinajstić information content (AvgIpc) is 3.21. The highest BCUT2D eigenvalue weighted by Crippen LogP contribution is 2.36. The molecule has 288 valence electrons. The molecule has 16 heteroatoms. The highest BCUT2D eigenvalue weighted by molar-refractivity contribution is 6.31. The second-order valence-corrected chi connectivity index (χ2v) is 12.9. The van der Waals surface area contributed by atoms with Crippen LogP contribution in [0.3, 0.4) is 0 Å². The van der Waals surface area contributed by atoms with Crippen LogP contribution in [0.4, 0.5) is 40.8 Å². The van der Waals surface area contributed by atoms with E-state index in [0.717, 1.165) is 52.1 Å². The van der Waals surface area contributed by atoms with E-state index < -0.39 is 22.8 Å². The van der Waals surface area contributed by atoms with Crippen molar-refractivity contribution in [1.82, 2.24) is 25.5 Å². The molecule has 11 nitrogen and oxygen atoms in total. The Labute approximate surface area is 334 Å². The van der Waals surface area contributed by atoms with Crippen molar-refractivity contribution in [3.63, 3.8) is 0 Å². The van der Waals surface area contributed by atoms with Gasteiger partial charge in [-0.15, -0.1) is 5.10 Å². The first-order valence-electron chi connectivity index (χ1n) is 17.0. The number of rotatable bonds is 9. The lowest BCUT2D eigenvalue weighted by Crippen LogP contribution is -2.19. The zero-order valence-electron chi connectivity index (χ0n) is 29.8. The number of hydrogen-bond acceptors (Lipinski definition) is 8. The van der Waals surface area contributed by atoms with E-state index in [1.807, 2.05) is 48.5 Å². The van der Waals surface area contributed by atoms with E-state index >= 15 is 0 Å². The fraction of sp³-hybridized carbons (Fsp3) is 0.0732. The van der Waals surface area contributed by atoms with Gasteiger partial charge in [-0.2, -0.15) is 18.3 Å². The van der Waals surface area contributed by atoms with E-state index in [1.54, 1.807) is 42.7 Å². The predicted octanol–water partition coefficient (Wildman–Crippen LogP) is 10.6. The molecule has 0 atom stereocenters. The standard InChI is InChI=1S/C21H16ClF3N4O3.C20H15ClN4/c1-26-19(30)18-11-15(8-9-27-18)32-14-5-2-12(3-6-14)28-20(31)29-13-4-7-17(22)16(10-13)21(23,24)25;21-15-5-7-16(8-6-15)23-20-18-4-2-1-3-17(18)19(24-25-20)13-14-9-11-22-12-10-14/h2-11H,1H3,(H,26,30)(H2,28,29,31);1-12H,13H2,(H,23,25). The number of nitrogens with one attached hydrogen (secondary N) is 4.